The van der Waals surface area contributed by atoms with Crippen LogP contribution < -0.4 is 20.4 Å². The van der Waals surface area contributed by atoms with Gasteiger partial charge in [-0.25, -0.2) is 9.29 Å². The van der Waals surface area contributed by atoms with E-state index in [9.17, 15) is 18.8 Å². The number of hydrogen-bond acceptors (Lipinski definition) is 3. The van der Waals surface area contributed by atoms with E-state index in [4.69, 9.17) is 5.73 Å². The van der Waals surface area contributed by atoms with Crippen LogP contribution in [0, 0.1) is 5.82 Å². The first kappa shape index (κ1) is 16.5. The van der Waals surface area contributed by atoms with Gasteiger partial charge in [0, 0.05) is 0 Å². The molecule has 128 valence electrons. The van der Waals surface area contributed by atoms with Gasteiger partial charge in [-0.05, 0) is 24.3 Å². The Morgan fingerprint density at radius 3 is 2.38 bits per heavy atom. The number of halogens is 1. The molecule has 3 rings (SSSR count). The van der Waals surface area contributed by atoms with E-state index in [1.54, 1.807) is 0 Å². The van der Waals surface area contributed by atoms with Gasteiger partial charge in [0.15, 0.2) is 12.6 Å². The largest absolute Gasteiger partial charge is 0.365 e. The molecule has 2 aliphatic heterocycles. The highest BCUT2D eigenvalue weighted by Gasteiger charge is 2.46. The van der Waals surface area contributed by atoms with E-state index in [1.807, 2.05) is 0 Å². The fourth-order valence-electron chi connectivity index (χ4n) is 3.51. The average Bonchev–Trinajstić information content (AvgIpc) is 2.83. The van der Waals surface area contributed by atoms with Gasteiger partial charge in [0.1, 0.15) is 32.0 Å². The number of rotatable bonds is 4. The first-order chi connectivity index (χ1) is 11.5. The molecule has 0 bridgehead atoms. The molecule has 0 aromatic heterocycles. The van der Waals surface area contributed by atoms with E-state index in [1.165, 1.54) is 24.3 Å². The van der Waals surface area contributed by atoms with Crippen LogP contribution in [0.15, 0.2) is 24.3 Å². The fourth-order valence-corrected chi connectivity index (χ4v) is 3.51. The first-order valence-corrected chi connectivity index (χ1v) is 8.04. The van der Waals surface area contributed by atoms with Crippen LogP contribution >= 0.6 is 0 Å². The summed E-state index contributed by atoms with van der Waals surface area (Å²) in [7, 11) is 0. The molecule has 0 aliphatic carbocycles. The Morgan fingerprint density at radius 1 is 1.17 bits per heavy atom. The standard InChI is InChI=1S/C16H19FN4O3/c17-11-1-3-12(4-2-11)21-15(23)9-13(16(21)24)20-7-5-19(6-8-20)10-14(18)22/h1-4,13H,5-10H2,(H2,18,22)/p+2/t13-/m1/s1. The maximum Gasteiger partial charge on any atom is 0.292 e. The summed E-state index contributed by atoms with van der Waals surface area (Å²) in [6, 6.07) is 4.96. The van der Waals surface area contributed by atoms with Crippen molar-refractivity contribution in [2.75, 3.05) is 37.6 Å². The number of hydrogen-bond donors (Lipinski definition) is 3. The molecule has 2 heterocycles. The lowest BCUT2D eigenvalue weighted by Gasteiger charge is -2.31. The van der Waals surface area contributed by atoms with Crippen LogP contribution in [0.3, 0.4) is 0 Å². The SMILES string of the molecule is NC(=O)C[NH+]1CC[NH+]([C@@H]2CC(=O)N(c3ccc(F)cc3)C2=O)CC1. The van der Waals surface area contributed by atoms with Gasteiger partial charge in [0.05, 0.1) is 12.1 Å². The number of amides is 3. The minimum absolute atomic E-state index is 0.163. The first-order valence-electron chi connectivity index (χ1n) is 8.04. The Bertz CT molecular complexity index is 656. The van der Waals surface area contributed by atoms with Gasteiger partial charge in [-0.2, -0.15) is 0 Å². The molecule has 24 heavy (non-hydrogen) atoms. The normalized spacial score (nSPS) is 27.5. The summed E-state index contributed by atoms with van der Waals surface area (Å²) in [5.74, 6) is -1.23. The number of quaternary nitrogens is 2. The van der Waals surface area contributed by atoms with E-state index in [0.29, 0.717) is 25.3 Å². The third-order valence-electron chi connectivity index (χ3n) is 4.75. The number of anilines is 1. The van der Waals surface area contributed by atoms with Crippen LogP contribution in [0.2, 0.25) is 0 Å². The summed E-state index contributed by atoms with van der Waals surface area (Å²) in [6.45, 7) is 3.21. The molecule has 0 radical (unpaired) electrons. The average molecular weight is 336 g/mol. The molecule has 3 amide bonds. The van der Waals surface area contributed by atoms with E-state index < -0.39 is 11.9 Å². The van der Waals surface area contributed by atoms with Crippen LogP contribution in [0.1, 0.15) is 6.42 Å². The lowest BCUT2D eigenvalue weighted by atomic mass is 10.1. The third-order valence-corrected chi connectivity index (χ3v) is 4.75. The Kier molecular flexibility index (Phi) is 4.59. The molecule has 0 spiro atoms. The quantitative estimate of drug-likeness (QED) is 0.504. The van der Waals surface area contributed by atoms with E-state index in [-0.39, 0.29) is 24.1 Å². The number of carbonyl (C=O) groups is 3. The molecule has 2 fully saturated rings. The Morgan fingerprint density at radius 2 is 1.79 bits per heavy atom. The summed E-state index contributed by atoms with van der Waals surface area (Å²) < 4.78 is 13.0. The maximum atomic E-state index is 13.0. The van der Waals surface area contributed by atoms with Crippen molar-refractivity contribution >= 4 is 23.4 Å². The summed E-state index contributed by atoms with van der Waals surface area (Å²) in [5.41, 5.74) is 5.62. The minimum Gasteiger partial charge on any atom is -0.365 e. The van der Waals surface area contributed by atoms with Gasteiger partial charge in [0.25, 0.3) is 11.8 Å². The van der Waals surface area contributed by atoms with Crippen LogP contribution in [0.25, 0.3) is 0 Å². The van der Waals surface area contributed by atoms with Crippen molar-refractivity contribution in [3.63, 3.8) is 0 Å². The molecular formula is C16H21FN4O3+2. The van der Waals surface area contributed by atoms with Gasteiger partial charge < -0.3 is 15.5 Å². The lowest BCUT2D eigenvalue weighted by Crippen LogP contribution is -3.30. The second-order valence-electron chi connectivity index (χ2n) is 6.35. The van der Waals surface area contributed by atoms with Crippen molar-refractivity contribution in [2.45, 2.75) is 12.5 Å². The predicted molar refractivity (Wildman–Crippen MR) is 82.8 cm³/mol. The topological polar surface area (TPSA) is 89.3 Å². The summed E-state index contributed by atoms with van der Waals surface area (Å²) in [5, 5.41) is 0. The Hall–Kier alpha value is -2.32. The van der Waals surface area contributed by atoms with Crippen LogP contribution in [-0.4, -0.2) is 56.5 Å². The summed E-state index contributed by atoms with van der Waals surface area (Å²) >= 11 is 0. The van der Waals surface area contributed by atoms with Gasteiger partial charge >= 0.3 is 0 Å². The molecule has 0 saturated carbocycles. The zero-order valence-electron chi connectivity index (χ0n) is 13.3. The second kappa shape index (κ2) is 6.66. The van der Waals surface area contributed by atoms with Crippen molar-refractivity contribution in [1.29, 1.82) is 0 Å². The van der Waals surface area contributed by atoms with E-state index in [0.717, 1.165) is 27.8 Å². The van der Waals surface area contributed by atoms with Crippen LogP contribution in [-0.2, 0) is 14.4 Å². The number of nitrogens with zero attached hydrogens (tertiary/aromatic N) is 1. The zero-order valence-corrected chi connectivity index (χ0v) is 13.3. The van der Waals surface area contributed by atoms with Gasteiger partial charge in [-0.1, -0.05) is 0 Å². The number of piperazine rings is 1. The van der Waals surface area contributed by atoms with E-state index in [2.05, 4.69) is 0 Å². The molecule has 7 nitrogen and oxygen atoms in total. The molecule has 1 aromatic carbocycles. The molecule has 1 atom stereocenters. The monoisotopic (exact) mass is 336 g/mol. The predicted octanol–water partition coefficient (Wildman–Crippen LogP) is -3.27. The number of nitrogens with two attached hydrogens (primary N) is 1. The van der Waals surface area contributed by atoms with Gasteiger partial charge in [-0.3, -0.25) is 14.4 Å². The maximum absolute atomic E-state index is 13.0. The number of carbonyl (C=O) groups excluding carboxylic acids is 3. The molecule has 2 saturated heterocycles. The third kappa shape index (κ3) is 3.29. The smallest absolute Gasteiger partial charge is 0.292 e. The lowest BCUT2D eigenvalue weighted by molar-refractivity contribution is -1.02. The van der Waals surface area contributed by atoms with Crippen molar-refractivity contribution < 1.29 is 28.6 Å². The Labute approximate surface area is 138 Å². The van der Waals surface area contributed by atoms with Crippen molar-refractivity contribution in [2.24, 2.45) is 5.73 Å². The highest BCUT2D eigenvalue weighted by molar-refractivity contribution is 6.21. The number of primary amides is 1. The number of benzene rings is 1. The van der Waals surface area contributed by atoms with Crippen molar-refractivity contribution in [1.82, 2.24) is 0 Å². The molecule has 1 aromatic rings. The molecule has 0 unspecified atom stereocenters. The summed E-state index contributed by atoms with van der Waals surface area (Å²) in [6.07, 6.45) is 0.163. The highest BCUT2D eigenvalue weighted by Crippen LogP contribution is 2.22. The Balaban J connectivity index is 1.66. The van der Waals surface area contributed by atoms with Gasteiger partial charge in [-0.15, -0.1) is 0 Å². The van der Waals surface area contributed by atoms with Crippen LogP contribution in [0.4, 0.5) is 10.1 Å². The zero-order chi connectivity index (χ0) is 17.3. The van der Waals surface area contributed by atoms with Gasteiger partial charge in [0.2, 0.25) is 5.91 Å². The molecule has 4 N–H and O–H groups in total. The molecule has 8 heteroatoms. The highest BCUT2D eigenvalue weighted by atomic mass is 19.1. The fraction of sp³-hybridized carbons (Fsp3) is 0.438. The van der Waals surface area contributed by atoms with Crippen molar-refractivity contribution in [3.05, 3.63) is 30.1 Å². The number of nitrogens with one attached hydrogen (secondary N) is 2. The summed E-state index contributed by atoms with van der Waals surface area (Å²) in [4.78, 5) is 39.2. The molecule has 2 aliphatic rings. The van der Waals surface area contributed by atoms with Crippen molar-refractivity contribution in [3.8, 4) is 0 Å². The second-order valence-corrected chi connectivity index (χ2v) is 6.35. The number of imide groups is 1. The van der Waals surface area contributed by atoms with Crippen LogP contribution in [0.5, 0.6) is 0 Å². The van der Waals surface area contributed by atoms with E-state index >= 15 is 0 Å². The molecular weight excluding hydrogens is 315 g/mol. The minimum atomic E-state index is -0.409.